The lowest BCUT2D eigenvalue weighted by molar-refractivity contribution is 1.25. The molecule has 0 bridgehead atoms. The fourth-order valence-corrected chi connectivity index (χ4v) is 13.7. The minimum Gasteiger partial charge on any atom is -0.311 e. The van der Waals surface area contributed by atoms with Crippen molar-refractivity contribution in [1.82, 2.24) is 4.40 Å². The molecule has 4 aliphatic heterocycles. The van der Waals surface area contributed by atoms with Gasteiger partial charge < -0.3 is 24.0 Å². The summed E-state index contributed by atoms with van der Waals surface area (Å²) in [5.41, 5.74) is 25.9. The zero-order valence-corrected chi connectivity index (χ0v) is 39.6. The van der Waals surface area contributed by atoms with Crippen LogP contribution in [0.15, 0.2) is 249 Å². The zero-order chi connectivity index (χ0) is 47.5. The molecule has 0 atom stereocenters. The molecule has 0 aliphatic carbocycles. The number of fused-ring (bicyclic) bond motifs is 15. The molecule has 0 unspecified atom stereocenters. The standard InChI is InChI=1S/C66H41B2N5/c1-5-20-42(21-6-1)69-53-32-15-13-30-49(53)67-51-38-39-55-62(66(51)72(45-26-11-4-12-27-45)59-37-19-35-57(69)64(59)67)47-29-17-28-46-48-40-52-61(41-60(48)73(55)65(46)47)71(44-24-9-3-10-25-44)58-36-18-34-56-63(58)68(52)50-31-14-16-33-54(50)70(56)43-22-7-2-8-23-43/h1-41H. The van der Waals surface area contributed by atoms with Crippen molar-refractivity contribution in [3.05, 3.63) is 249 Å². The summed E-state index contributed by atoms with van der Waals surface area (Å²) in [6, 6.07) is 92.6. The van der Waals surface area contributed by atoms with Crippen LogP contribution in [0.3, 0.4) is 0 Å². The Hall–Kier alpha value is -9.45. The normalized spacial score (nSPS) is 13.9. The Bertz CT molecular complexity index is 4310. The molecule has 17 rings (SSSR count). The first-order chi connectivity index (χ1) is 36.3. The number of nitrogens with zero attached hydrogens (tertiary/aromatic N) is 5. The molecule has 2 aromatic heterocycles. The summed E-state index contributed by atoms with van der Waals surface area (Å²) in [4.78, 5) is 10.0. The van der Waals surface area contributed by atoms with Gasteiger partial charge in [-0.15, -0.1) is 0 Å². The van der Waals surface area contributed by atoms with E-state index < -0.39 is 0 Å². The zero-order valence-electron chi connectivity index (χ0n) is 39.6. The van der Waals surface area contributed by atoms with Crippen LogP contribution in [0.2, 0.25) is 0 Å². The summed E-state index contributed by atoms with van der Waals surface area (Å²) in [6.07, 6.45) is 0. The number of aromatic nitrogens is 1. The quantitative estimate of drug-likeness (QED) is 0.164. The summed E-state index contributed by atoms with van der Waals surface area (Å²) < 4.78 is 2.60. The number of benzene rings is 11. The third-order valence-corrected chi connectivity index (χ3v) is 16.4. The van der Waals surface area contributed by atoms with E-state index in [1.807, 2.05) is 0 Å². The Morgan fingerprint density at radius 3 is 1.23 bits per heavy atom. The summed E-state index contributed by atoms with van der Waals surface area (Å²) >= 11 is 0. The lowest BCUT2D eigenvalue weighted by Gasteiger charge is -2.44. The van der Waals surface area contributed by atoms with Gasteiger partial charge in [-0.25, -0.2) is 0 Å². The maximum Gasteiger partial charge on any atom is 0.252 e. The van der Waals surface area contributed by atoms with Crippen molar-refractivity contribution in [2.75, 3.05) is 19.6 Å². The molecule has 5 nitrogen and oxygen atoms in total. The predicted octanol–water partition coefficient (Wildman–Crippen LogP) is 13.0. The average Bonchev–Trinajstić information content (AvgIpc) is 3.97. The maximum atomic E-state index is 2.60. The summed E-state index contributed by atoms with van der Waals surface area (Å²) in [5, 5.41) is 5.08. The molecule has 13 aromatic rings. The molecule has 6 heterocycles. The van der Waals surface area contributed by atoms with Crippen LogP contribution in [0, 0.1) is 0 Å². The first-order valence-corrected chi connectivity index (χ1v) is 25.4. The van der Waals surface area contributed by atoms with Crippen LogP contribution in [0.25, 0.3) is 38.1 Å². The molecular weight excluding hydrogens is 884 g/mol. The number of anilines is 12. The third-order valence-electron chi connectivity index (χ3n) is 16.4. The van der Waals surface area contributed by atoms with Gasteiger partial charge in [-0.2, -0.15) is 0 Å². The molecule has 7 heteroatoms. The maximum absolute atomic E-state index is 2.60. The van der Waals surface area contributed by atoms with Crippen molar-refractivity contribution in [3.63, 3.8) is 0 Å². The second-order valence-electron chi connectivity index (χ2n) is 20.0. The fourth-order valence-electron chi connectivity index (χ4n) is 13.7. The first-order valence-electron chi connectivity index (χ1n) is 25.4. The van der Waals surface area contributed by atoms with Gasteiger partial charge in [-0.1, -0.05) is 152 Å². The first kappa shape index (κ1) is 39.3. The van der Waals surface area contributed by atoms with E-state index in [9.17, 15) is 0 Å². The highest BCUT2D eigenvalue weighted by Gasteiger charge is 2.46. The molecule has 0 radical (unpaired) electrons. The number of para-hydroxylation sites is 7. The number of hydrogen-bond donors (Lipinski definition) is 0. The van der Waals surface area contributed by atoms with Crippen molar-refractivity contribution >= 4 is 153 Å². The number of rotatable bonds is 4. The summed E-state index contributed by atoms with van der Waals surface area (Å²) in [7, 11) is 0. The monoisotopic (exact) mass is 925 g/mol. The Morgan fingerprint density at radius 2 is 0.685 bits per heavy atom. The molecule has 0 amide bonds. The van der Waals surface area contributed by atoms with Crippen LogP contribution in [0.5, 0.6) is 0 Å². The van der Waals surface area contributed by atoms with E-state index in [0.717, 1.165) is 22.7 Å². The second-order valence-corrected chi connectivity index (χ2v) is 20.0. The minimum absolute atomic E-state index is 0.0196. The molecule has 11 aromatic carbocycles. The lowest BCUT2D eigenvalue weighted by Crippen LogP contribution is -2.61. The van der Waals surface area contributed by atoms with Crippen LogP contribution in [-0.2, 0) is 0 Å². The highest BCUT2D eigenvalue weighted by Crippen LogP contribution is 2.51. The van der Waals surface area contributed by atoms with E-state index in [2.05, 4.69) is 273 Å². The van der Waals surface area contributed by atoms with Crippen molar-refractivity contribution in [1.29, 1.82) is 0 Å². The summed E-state index contributed by atoms with van der Waals surface area (Å²) in [5.74, 6) is 0. The average molecular weight is 926 g/mol. The molecule has 336 valence electrons. The molecule has 0 saturated carbocycles. The summed E-state index contributed by atoms with van der Waals surface area (Å²) in [6.45, 7) is 0.0391. The SMILES string of the molecule is c1ccc(N2c3ccccc3B3c4cc5c6cccc7c8c9c(ccc8n(c5cc4N(c4ccccc4)c4cccc2c43)c67)B2c3ccccc3N(c3ccccc3)c3cccc(c32)N9c2ccccc2)cc1. The van der Waals surface area contributed by atoms with Crippen LogP contribution in [0.1, 0.15) is 0 Å². The topological polar surface area (TPSA) is 17.4 Å². The number of hydrogen-bond acceptors (Lipinski definition) is 4. The van der Waals surface area contributed by atoms with Gasteiger partial charge in [0.1, 0.15) is 0 Å². The van der Waals surface area contributed by atoms with Crippen molar-refractivity contribution in [3.8, 4) is 0 Å². The van der Waals surface area contributed by atoms with E-state index in [4.69, 9.17) is 0 Å². The van der Waals surface area contributed by atoms with E-state index >= 15 is 0 Å². The fraction of sp³-hybridized carbons (Fsp3) is 0. The van der Waals surface area contributed by atoms with Gasteiger partial charge in [-0.05, 0) is 130 Å². The molecule has 0 fully saturated rings. The largest absolute Gasteiger partial charge is 0.311 e. The third kappa shape index (κ3) is 5.12. The Morgan fingerprint density at radius 1 is 0.260 bits per heavy atom. The van der Waals surface area contributed by atoms with Gasteiger partial charge >= 0.3 is 0 Å². The predicted molar refractivity (Wildman–Crippen MR) is 309 cm³/mol. The molecular formula is C66H41B2N5. The van der Waals surface area contributed by atoms with Crippen LogP contribution >= 0.6 is 0 Å². The van der Waals surface area contributed by atoms with Crippen molar-refractivity contribution in [2.24, 2.45) is 0 Å². The van der Waals surface area contributed by atoms with Gasteiger partial charge in [0.15, 0.2) is 0 Å². The van der Waals surface area contributed by atoms with Gasteiger partial charge in [-0.3, -0.25) is 0 Å². The lowest BCUT2D eigenvalue weighted by atomic mass is 9.33. The Balaban J connectivity index is 0.960. The van der Waals surface area contributed by atoms with Gasteiger partial charge in [0, 0.05) is 84.1 Å². The van der Waals surface area contributed by atoms with Crippen molar-refractivity contribution in [2.45, 2.75) is 0 Å². The van der Waals surface area contributed by atoms with Crippen LogP contribution in [-0.4, -0.2) is 17.8 Å². The molecule has 73 heavy (non-hydrogen) atoms. The minimum atomic E-state index is 0.0196. The van der Waals surface area contributed by atoms with E-state index in [0.29, 0.717) is 0 Å². The molecule has 0 saturated heterocycles. The highest BCUT2D eigenvalue weighted by molar-refractivity contribution is 7.01. The Labute approximate surface area is 423 Å². The molecule has 4 aliphatic rings. The van der Waals surface area contributed by atoms with Gasteiger partial charge in [0.25, 0.3) is 13.4 Å². The molecule has 0 spiro atoms. The Kier molecular flexibility index (Phi) is 7.84. The van der Waals surface area contributed by atoms with Gasteiger partial charge in [0.2, 0.25) is 0 Å². The molecule has 0 N–H and O–H groups in total. The van der Waals surface area contributed by atoms with Gasteiger partial charge in [0.05, 0.1) is 22.2 Å². The van der Waals surface area contributed by atoms with Crippen molar-refractivity contribution < 1.29 is 0 Å². The second kappa shape index (κ2) is 14.6. The van der Waals surface area contributed by atoms with Crippen LogP contribution in [0.4, 0.5) is 68.2 Å². The van der Waals surface area contributed by atoms with E-state index in [1.165, 1.54) is 116 Å². The van der Waals surface area contributed by atoms with E-state index in [-0.39, 0.29) is 13.4 Å². The van der Waals surface area contributed by atoms with E-state index in [1.54, 1.807) is 0 Å². The smallest absolute Gasteiger partial charge is 0.252 e. The highest BCUT2D eigenvalue weighted by atomic mass is 15.2. The van der Waals surface area contributed by atoms with Crippen LogP contribution < -0.4 is 52.4 Å².